The van der Waals surface area contributed by atoms with Crippen LogP contribution in [0, 0.1) is 5.92 Å². The Morgan fingerprint density at radius 1 is 1.00 bits per heavy atom. The third-order valence-electron chi connectivity index (χ3n) is 4.67. The molecule has 0 aliphatic rings. The van der Waals surface area contributed by atoms with E-state index in [0.717, 1.165) is 18.7 Å². The van der Waals surface area contributed by atoms with Gasteiger partial charge < -0.3 is 9.47 Å². The number of rotatable bonds is 8. The van der Waals surface area contributed by atoms with Crippen LogP contribution in [0.1, 0.15) is 50.3 Å². The predicted molar refractivity (Wildman–Crippen MR) is 125 cm³/mol. The van der Waals surface area contributed by atoms with Crippen LogP contribution >= 0.6 is 0 Å². The number of nitrogens with zero attached hydrogens (tertiary/aromatic N) is 2. The smallest absolute Gasteiger partial charge is 0.493 e. The Bertz CT molecular complexity index is 1040. The molecule has 0 saturated heterocycles. The molecule has 5 nitrogen and oxygen atoms in total. The average Bonchev–Trinajstić information content (AvgIpc) is 2.79. The van der Waals surface area contributed by atoms with Crippen molar-refractivity contribution in [3.8, 4) is 22.6 Å². The molecule has 1 heterocycles. The van der Waals surface area contributed by atoms with Gasteiger partial charge in [0, 0.05) is 18.8 Å². The number of alkyl halides is 3. The number of aromatic nitrogens is 2. The SMILES string of the molecule is CC(=O)c1cc(-c2ccc(OC(F)(F)F)cc2)ccc1OCCC(C)C.CCc1ncccn1. The molecule has 3 aromatic rings. The number of carbonyl (C=O) groups excluding carboxylic acids is 1. The Hall–Kier alpha value is -3.42. The van der Waals surface area contributed by atoms with Crippen molar-refractivity contribution in [1.29, 1.82) is 0 Å². The van der Waals surface area contributed by atoms with Gasteiger partial charge in [0.1, 0.15) is 17.3 Å². The lowest BCUT2D eigenvalue weighted by atomic mass is 10.0. The molecular weight excluding hydrogens is 445 g/mol. The Labute approximate surface area is 198 Å². The van der Waals surface area contributed by atoms with E-state index in [0.29, 0.717) is 35.0 Å². The van der Waals surface area contributed by atoms with Crippen molar-refractivity contribution in [1.82, 2.24) is 9.97 Å². The van der Waals surface area contributed by atoms with Crippen LogP contribution in [0.3, 0.4) is 0 Å². The summed E-state index contributed by atoms with van der Waals surface area (Å²) >= 11 is 0. The van der Waals surface area contributed by atoms with Gasteiger partial charge in [-0.05, 0) is 60.7 Å². The summed E-state index contributed by atoms with van der Waals surface area (Å²) in [5.74, 6) is 1.49. The molecule has 3 rings (SSSR count). The van der Waals surface area contributed by atoms with E-state index in [9.17, 15) is 18.0 Å². The van der Waals surface area contributed by atoms with Gasteiger partial charge in [-0.15, -0.1) is 13.2 Å². The van der Waals surface area contributed by atoms with Crippen molar-refractivity contribution in [2.45, 2.75) is 46.9 Å². The Morgan fingerprint density at radius 2 is 1.62 bits per heavy atom. The second-order valence-electron chi connectivity index (χ2n) is 7.89. The fourth-order valence-electron chi connectivity index (χ4n) is 2.88. The zero-order chi connectivity index (χ0) is 25.1. The normalized spacial score (nSPS) is 10.9. The first-order valence-corrected chi connectivity index (χ1v) is 11.0. The lowest BCUT2D eigenvalue weighted by Crippen LogP contribution is -2.16. The van der Waals surface area contributed by atoms with Gasteiger partial charge in [-0.3, -0.25) is 4.79 Å². The van der Waals surface area contributed by atoms with E-state index >= 15 is 0 Å². The summed E-state index contributed by atoms with van der Waals surface area (Å²) in [6.07, 6.45) is 0.580. The summed E-state index contributed by atoms with van der Waals surface area (Å²) in [4.78, 5) is 19.9. The number of carbonyl (C=O) groups is 1. The molecule has 0 saturated carbocycles. The molecule has 0 fully saturated rings. The minimum absolute atomic E-state index is 0.136. The van der Waals surface area contributed by atoms with Crippen molar-refractivity contribution >= 4 is 5.78 Å². The van der Waals surface area contributed by atoms with Gasteiger partial charge in [-0.2, -0.15) is 0 Å². The molecule has 0 atom stereocenters. The first-order chi connectivity index (χ1) is 16.1. The van der Waals surface area contributed by atoms with Crippen LogP contribution in [0.25, 0.3) is 11.1 Å². The molecule has 1 aromatic heterocycles. The van der Waals surface area contributed by atoms with E-state index in [4.69, 9.17) is 4.74 Å². The van der Waals surface area contributed by atoms with Crippen LogP contribution in [-0.4, -0.2) is 28.7 Å². The molecule has 0 amide bonds. The summed E-state index contributed by atoms with van der Waals surface area (Å²) in [7, 11) is 0. The number of ether oxygens (including phenoxy) is 2. The van der Waals surface area contributed by atoms with E-state index in [1.54, 1.807) is 30.6 Å². The highest BCUT2D eigenvalue weighted by Gasteiger charge is 2.31. The zero-order valence-corrected chi connectivity index (χ0v) is 19.7. The monoisotopic (exact) mass is 474 g/mol. The fraction of sp³-hybridized carbons (Fsp3) is 0.346. The quantitative estimate of drug-likeness (QED) is 0.332. The maximum atomic E-state index is 12.2. The van der Waals surface area contributed by atoms with Gasteiger partial charge in [-0.25, -0.2) is 9.97 Å². The third kappa shape index (κ3) is 9.21. The van der Waals surface area contributed by atoms with Crippen LogP contribution in [0.15, 0.2) is 60.9 Å². The van der Waals surface area contributed by atoms with Gasteiger partial charge in [0.25, 0.3) is 0 Å². The maximum Gasteiger partial charge on any atom is 0.573 e. The summed E-state index contributed by atoms with van der Waals surface area (Å²) in [6, 6.07) is 12.5. The minimum Gasteiger partial charge on any atom is -0.493 e. The number of benzene rings is 2. The van der Waals surface area contributed by atoms with Crippen LogP contribution in [0.4, 0.5) is 13.2 Å². The van der Waals surface area contributed by atoms with Crippen molar-refractivity contribution in [3.63, 3.8) is 0 Å². The predicted octanol–water partition coefficient (Wildman–Crippen LogP) is 6.92. The Kier molecular flexibility index (Phi) is 10.0. The number of halogens is 3. The van der Waals surface area contributed by atoms with Gasteiger partial charge in [0.2, 0.25) is 0 Å². The zero-order valence-electron chi connectivity index (χ0n) is 19.7. The van der Waals surface area contributed by atoms with Gasteiger partial charge in [0.05, 0.1) is 12.2 Å². The van der Waals surface area contributed by atoms with Crippen LogP contribution < -0.4 is 9.47 Å². The standard InChI is InChI=1S/C20H21F3O3.C6H8N2/c1-13(2)10-11-25-19-9-6-16(12-18(19)14(3)24)15-4-7-17(8-5-15)26-20(21,22)23;1-2-6-7-4-3-5-8-6/h4-9,12-13H,10-11H2,1-3H3;3-5H,2H2,1H3. The number of Topliss-reactive ketones (excluding diaryl/α,β-unsaturated/α-hetero) is 1. The van der Waals surface area contributed by atoms with Crippen LogP contribution in [0.2, 0.25) is 0 Å². The van der Waals surface area contributed by atoms with E-state index in [-0.39, 0.29) is 11.5 Å². The topological polar surface area (TPSA) is 61.3 Å². The molecule has 0 aliphatic heterocycles. The number of hydrogen-bond acceptors (Lipinski definition) is 5. The molecule has 2 aromatic carbocycles. The van der Waals surface area contributed by atoms with Crippen molar-refractivity contribution in [2.24, 2.45) is 5.92 Å². The van der Waals surface area contributed by atoms with Gasteiger partial charge >= 0.3 is 6.36 Å². The van der Waals surface area contributed by atoms with Crippen LogP contribution in [0.5, 0.6) is 11.5 Å². The Morgan fingerprint density at radius 3 is 2.12 bits per heavy atom. The van der Waals surface area contributed by atoms with E-state index < -0.39 is 6.36 Å². The van der Waals surface area contributed by atoms with E-state index in [1.165, 1.54) is 31.2 Å². The van der Waals surface area contributed by atoms with Crippen molar-refractivity contribution in [3.05, 3.63) is 72.3 Å². The summed E-state index contributed by atoms with van der Waals surface area (Å²) in [5.41, 5.74) is 1.84. The Balaban J connectivity index is 0.000000430. The molecule has 0 aliphatic carbocycles. The summed E-state index contributed by atoms with van der Waals surface area (Å²) < 4.78 is 46.3. The number of ketones is 1. The highest BCUT2D eigenvalue weighted by molar-refractivity contribution is 5.98. The largest absolute Gasteiger partial charge is 0.573 e. The molecule has 0 radical (unpaired) electrons. The van der Waals surface area contributed by atoms with Crippen molar-refractivity contribution < 1.29 is 27.4 Å². The highest BCUT2D eigenvalue weighted by Crippen LogP contribution is 2.30. The molecule has 34 heavy (non-hydrogen) atoms. The molecular formula is C26H29F3N2O3. The van der Waals surface area contributed by atoms with Gasteiger partial charge in [-0.1, -0.05) is 39.0 Å². The minimum atomic E-state index is -4.72. The highest BCUT2D eigenvalue weighted by atomic mass is 19.4. The average molecular weight is 475 g/mol. The van der Waals surface area contributed by atoms with Crippen molar-refractivity contribution in [2.75, 3.05) is 6.61 Å². The lowest BCUT2D eigenvalue weighted by molar-refractivity contribution is -0.274. The van der Waals surface area contributed by atoms with E-state index in [1.807, 2.05) is 13.0 Å². The molecule has 0 N–H and O–H groups in total. The second kappa shape index (κ2) is 12.7. The summed E-state index contributed by atoms with van der Waals surface area (Å²) in [5, 5.41) is 0. The molecule has 0 unspecified atom stereocenters. The molecule has 0 spiro atoms. The molecule has 0 bridgehead atoms. The van der Waals surface area contributed by atoms with Gasteiger partial charge in [0.15, 0.2) is 5.78 Å². The van der Waals surface area contributed by atoms with Crippen LogP contribution in [-0.2, 0) is 6.42 Å². The first-order valence-electron chi connectivity index (χ1n) is 11.0. The van der Waals surface area contributed by atoms with E-state index in [2.05, 4.69) is 28.6 Å². The maximum absolute atomic E-state index is 12.2. The number of hydrogen-bond donors (Lipinski definition) is 0. The summed E-state index contributed by atoms with van der Waals surface area (Å²) in [6.45, 7) is 8.18. The molecule has 8 heteroatoms. The molecule has 182 valence electrons. The fourth-order valence-corrected chi connectivity index (χ4v) is 2.88. The lowest BCUT2D eigenvalue weighted by Gasteiger charge is -2.13. The third-order valence-corrected chi connectivity index (χ3v) is 4.67. The second-order valence-corrected chi connectivity index (χ2v) is 7.89. The number of aryl methyl sites for hydroxylation is 1. The first kappa shape index (κ1) is 26.8.